The maximum atomic E-state index is 13.7. The molecule has 1 nitrogen and oxygen atoms in total. The van der Waals surface area contributed by atoms with E-state index in [0.29, 0.717) is 5.92 Å². The molecule has 0 radical (unpaired) electrons. The first-order valence-corrected chi connectivity index (χ1v) is 8.25. The average Bonchev–Trinajstić information content (AvgIpc) is 3.31. The lowest BCUT2D eigenvalue weighted by atomic mass is 9.99. The van der Waals surface area contributed by atoms with E-state index in [4.69, 9.17) is 0 Å². The summed E-state index contributed by atoms with van der Waals surface area (Å²) in [5, 5.41) is 0. The molecule has 0 bridgehead atoms. The van der Waals surface area contributed by atoms with Crippen LogP contribution in [0.1, 0.15) is 50.4 Å². The topological polar surface area (TPSA) is 12.9 Å². The Morgan fingerprint density at radius 2 is 2.09 bits per heavy atom. The number of nitrogens with zero attached hydrogens (tertiary/aromatic N) is 1. The molecular formula is C20H25F2N. The number of pyridine rings is 1. The highest BCUT2D eigenvalue weighted by molar-refractivity contribution is 5.76. The van der Waals surface area contributed by atoms with Gasteiger partial charge < -0.3 is 0 Å². The second-order valence-electron chi connectivity index (χ2n) is 6.29. The first kappa shape index (κ1) is 17.6. The molecule has 0 aromatic carbocycles. The highest BCUT2D eigenvalue weighted by Gasteiger charge is 2.26. The van der Waals surface area contributed by atoms with Crippen molar-refractivity contribution in [1.82, 2.24) is 4.98 Å². The minimum Gasteiger partial charge on any atom is -0.256 e. The lowest BCUT2D eigenvalue weighted by molar-refractivity contribution is 0.0674. The standard InChI is InChI=1S/C20H25F2N/c1-5-15-11-14(3)19(23-13-15)17(10-9-16-7-8-16)12-18(6-2)20(4,21)22/h6,9-13,16H,5,7-8H2,1-4H3/b10-9?,17-12+,18-6+. The van der Waals surface area contributed by atoms with Crippen LogP contribution in [0.25, 0.3) is 5.57 Å². The Morgan fingerprint density at radius 1 is 1.39 bits per heavy atom. The van der Waals surface area contributed by atoms with Gasteiger partial charge in [0.2, 0.25) is 0 Å². The van der Waals surface area contributed by atoms with Crippen LogP contribution in [0, 0.1) is 12.8 Å². The van der Waals surface area contributed by atoms with E-state index in [1.54, 1.807) is 13.0 Å². The van der Waals surface area contributed by atoms with Gasteiger partial charge in [0, 0.05) is 24.3 Å². The van der Waals surface area contributed by atoms with Gasteiger partial charge in [0.05, 0.1) is 5.69 Å². The zero-order chi connectivity index (χ0) is 17.0. The summed E-state index contributed by atoms with van der Waals surface area (Å²) >= 11 is 0. The second-order valence-corrected chi connectivity index (χ2v) is 6.29. The van der Waals surface area contributed by atoms with Crippen LogP contribution >= 0.6 is 0 Å². The Labute approximate surface area is 137 Å². The SMILES string of the molecule is C/C=C(\C=C(/C=CC1CC1)c1ncc(CC)cc1C)C(C)(F)F. The van der Waals surface area contributed by atoms with Gasteiger partial charge in [-0.1, -0.05) is 31.2 Å². The lowest BCUT2D eigenvalue weighted by Gasteiger charge is -2.14. The molecule has 1 aliphatic carbocycles. The smallest absolute Gasteiger partial charge is 0.256 e. The maximum absolute atomic E-state index is 13.7. The Morgan fingerprint density at radius 3 is 2.57 bits per heavy atom. The van der Waals surface area contributed by atoms with Crippen molar-refractivity contribution in [3.8, 4) is 0 Å². The summed E-state index contributed by atoms with van der Waals surface area (Å²) in [4.78, 5) is 4.53. The predicted octanol–water partition coefficient (Wildman–Crippen LogP) is 5.90. The molecule has 0 aliphatic heterocycles. The van der Waals surface area contributed by atoms with Crippen LogP contribution in [0.4, 0.5) is 8.78 Å². The number of rotatable bonds is 6. The fourth-order valence-corrected chi connectivity index (χ4v) is 2.48. The van der Waals surface area contributed by atoms with Gasteiger partial charge >= 0.3 is 0 Å². The summed E-state index contributed by atoms with van der Waals surface area (Å²) in [6, 6.07) is 2.08. The van der Waals surface area contributed by atoms with Crippen molar-refractivity contribution in [2.75, 3.05) is 0 Å². The minimum atomic E-state index is -2.86. The average molecular weight is 317 g/mol. The second kappa shape index (κ2) is 7.20. The molecule has 2 rings (SSSR count). The highest BCUT2D eigenvalue weighted by atomic mass is 19.3. The number of halogens is 2. The van der Waals surface area contributed by atoms with Gasteiger partial charge in [-0.25, -0.2) is 8.78 Å². The van der Waals surface area contributed by atoms with Gasteiger partial charge in [-0.3, -0.25) is 4.98 Å². The third kappa shape index (κ3) is 4.85. The van der Waals surface area contributed by atoms with E-state index >= 15 is 0 Å². The third-order valence-electron chi connectivity index (χ3n) is 4.12. The fraction of sp³-hybridized carbons (Fsp3) is 0.450. The molecule has 0 saturated heterocycles. The van der Waals surface area contributed by atoms with Gasteiger partial charge in [-0.15, -0.1) is 0 Å². The normalized spacial score (nSPS) is 17.1. The maximum Gasteiger partial charge on any atom is 0.270 e. The van der Waals surface area contributed by atoms with E-state index in [9.17, 15) is 8.78 Å². The molecule has 3 heteroatoms. The predicted molar refractivity (Wildman–Crippen MR) is 92.6 cm³/mol. The molecule has 124 valence electrons. The fourth-order valence-electron chi connectivity index (χ4n) is 2.48. The van der Waals surface area contributed by atoms with Crippen LogP contribution in [0.2, 0.25) is 0 Å². The molecule has 23 heavy (non-hydrogen) atoms. The molecule has 0 amide bonds. The largest absolute Gasteiger partial charge is 0.270 e. The van der Waals surface area contributed by atoms with Crippen molar-refractivity contribution < 1.29 is 8.78 Å². The molecule has 1 heterocycles. The van der Waals surface area contributed by atoms with Gasteiger partial charge in [0.25, 0.3) is 5.92 Å². The molecule has 1 fully saturated rings. The van der Waals surface area contributed by atoms with E-state index in [0.717, 1.165) is 35.7 Å². The van der Waals surface area contributed by atoms with Crippen molar-refractivity contribution in [2.45, 2.75) is 52.9 Å². The summed E-state index contributed by atoms with van der Waals surface area (Å²) in [5.41, 5.74) is 3.73. The number of aryl methyl sites for hydroxylation is 2. The van der Waals surface area contributed by atoms with E-state index in [-0.39, 0.29) is 5.57 Å². The molecule has 0 N–H and O–H groups in total. The molecule has 0 spiro atoms. The summed E-state index contributed by atoms with van der Waals surface area (Å²) < 4.78 is 27.5. The summed E-state index contributed by atoms with van der Waals surface area (Å²) in [6.07, 6.45) is 12.2. The van der Waals surface area contributed by atoms with Crippen LogP contribution < -0.4 is 0 Å². The van der Waals surface area contributed by atoms with E-state index < -0.39 is 5.92 Å². The quantitative estimate of drug-likeness (QED) is 0.595. The molecule has 1 saturated carbocycles. The van der Waals surface area contributed by atoms with Crippen molar-refractivity contribution in [3.05, 3.63) is 59.0 Å². The Kier molecular flexibility index (Phi) is 5.51. The lowest BCUT2D eigenvalue weighted by Crippen LogP contribution is -2.12. The van der Waals surface area contributed by atoms with E-state index in [1.807, 2.05) is 19.2 Å². The van der Waals surface area contributed by atoms with Gasteiger partial charge in [-0.2, -0.15) is 0 Å². The number of allylic oxidation sites excluding steroid dienone is 6. The zero-order valence-corrected chi connectivity index (χ0v) is 14.4. The van der Waals surface area contributed by atoms with Gasteiger partial charge in [-0.05, 0) is 56.2 Å². The Balaban J connectivity index is 2.45. The number of hydrogen-bond acceptors (Lipinski definition) is 1. The number of hydrogen-bond donors (Lipinski definition) is 0. The van der Waals surface area contributed by atoms with E-state index in [2.05, 4.69) is 24.1 Å². The summed E-state index contributed by atoms with van der Waals surface area (Å²) in [6.45, 7) is 6.64. The molecule has 0 unspecified atom stereocenters. The minimum absolute atomic E-state index is 0.0220. The molecule has 1 aromatic rings. The highest BCUT2D eigenvalue weighted by Crippen LogP contribution is 2.33. The molecule has 1 aromatic heterocycles. The van der Waals surface area contributed by atoms with Crippen molar-refractivity contribution in [1.29, 1.82) is 0 Å². The van der Waals surface area contributed by atoms with Crippen LogP contribution in [-0.2, 0) is 6.42 Å². The van der Waals surface area contributed by atoms with Crippen LogP contribution in [-0.4, -0.2) is 10.9 Å². The first-order valence-electron chi connectivity index (χ1n) is 8.25. The van der Waals surface area contributed by atoms with Crippen molar-refractivity contribution >= 4 is 5.57 Å². The monoisotopic (exact) mass is 317 g/mol. The summed E-state index contributed by atoms with van der Waals surface area (Å²) in [5.74, 6) is -2.27. The zero-order valence-electron chi connectivity index (χ0n) is 14.4. The molecular weight excluding hydrogens is 292 g/mol. The summed E-state index contributed by atoms with van der Waals surface area (Å²) in [7, 11) is 0. The van der Waals surface area contributed by atoms with Crippen molar-refractivity contribution in [2.24, 2.45) is 5.92 Å². The van der Waals surface area contributed by atoms with Crippen LogP contribution in [0.15, 0.2) is 42.1 Å². The van der Waals surface area contributed by atoms with Crippen molar-refractivity contribution in [3.63, 3.8) is 0 Å². The Bertz CT molecular complexity index is 644. The van der Waals surface area contributed by atoms with Gasteiger partial charge in [0.1, 0.15) is 0 Å². The van der Waals surface area contributed by atoms with Crippen LogP contribution in [0.5, 0.6) is 0 Å². The molecule has 1 aliphatic rings. The third-order valence-corrected chi connectivity index (χ3v) is 4.12. The number of alkyl halides is 2. The number of aromatic nitrogens is 1. The van der Waals surface area contributed by atoms with Gasteiger partial charge in [0.15, 0.2) is 0 Å². The molecule has 0 atom stereocenters. The van der Waals surface area contributed by atoms with Crippen LogP contribution in [0.3, 0.4) is 0 Å². The Hall–Kier alpha value is -1.77. The first-order chi connectivity index (χ1) is 10.8. The van der Waals surface area contributed by atoms with E-state index in [1.165, 1.54) is 18.9 Å².